The van der Waals surface area contributed by atoms with Gasteiger partial charge in [-0.2, -0.15) is 5.26 Å². The van der Waals surface area contributed by atoms with Gasteiger partial charge in [-0.3, -0.25) is 4.40 Å². The molecule has 0 aliphatic heterocycles. The number of hydrogen-bond donors (Lipinski definition) is 1. The molecular formula is C17H14FN5. The molecule has 0 unspecified atom stereocenters. The molecule has 1 aliphatic rings. The van der Waals surface area contributed by atoms with Crippen molar-refractivity contribution in [3.63, 3.8) is 0 Å². The van der Waals surface area contributed by atoms with Gasteiger partial charge in [-0.25, -0.2) is 14.4 Å². The smallest absolute Gasteiger partial charge is 0.150 e. The normalized spacial score (nSPS) is 14.6. The van der Waals surface area contributed by atoms with Crippen LogP contribution >= 0.6 is 0 Å². The molecule has 6 heteroatoms. The average molecular weight is 307 g/mol. The number of aromatic nitrogens is 3. The third-order valence-electron chi connectivity index (χ3n) is 4.44. The van der Waals surface area contributed by atoms with Crippen LogP contribution in [0.1, 0.15) is 36.6 Å². The van der Waals surface area contributed by atoms with E-state index in [4.69, 9.17) is 16.0 Å². The summed E-state index contributed by atoms with van der Waals surface area (Å²) in [5.41, 5.74) is 8.09. The van der Waals surface area contributed by atoms with Crippen molar-refractivity contribution in [2.45, 2.75) is 25.2 Å². The molecule has 5 nitrogen and oxygen atoms in total. The van der Waals surface area contributed by atoms with Crippen molar-refractivity contribution >= 4 is 11.3 Å². The van der Waals surface area contributed by atoms with Crippen molar-refractivity contribution in [2.24, 2.45) is 0 Å². The Morgan fingerprint density at radius 3 is 2.87 bits per heavy atom. The van der Waals surface area contributed by atoms with E-state index in [0.717, 1.165) is 18.7 Å². The molecule has 1 aliphatic carbocycles. The van der Waals surface area contributed by atoms with Crippen LogP contribution in [-0.4, -0.2) is 14.4 Å². The van der Waals surface area contributed by atoms with Crippen LogP contribution in [0, 0.1) is 17.1 Å². The van der Waals surface area contributed by atoms with E-state index in [-0.39, 0.29) is 5.56 Å². The third kappa shape index (κ3) is 2.05. The van der Waals surface area contributed by atoms with Gasteiger partial charge < -0.3 is 5.73 Å². The Bertz CT molecular complexity index is 950. The fourth-order valence-electron chi connectivity index (χ4n) is 3.00. The molecule has 2 aromatic heterocycles. The van der Waals surface area contributed by atoms with Crippen LogP contribution in [0.3, 0.4) is 0 Å². The lowest BCUT2D eigenvalue weighted by Crippen LogP contribution is -2.12. The topological polar surface area (TPSA) is 80.0 Å². The van der Waals surface area contributed by atoms with Gasteiger partial charge in [0.1, 0.15) is 34.7 Å². The number of fused-ring (bicyclic) bond motifs is 1. The lowest BCUT2D eigenvalue weighted by Gasteiger charge is -2.23. The summed E-state index contributed by atoms with van der Waals surface area (Å²) in [5.74, 6) is 1.21. The van der Waals surface area contributed by atoms with E-state index in [9.17, 15) is 4.39 Å². The molecule has 0 amide bonds. The zero-order valence-electron chi connectivity index (χ0n) is 12.3. The highest BCUT2D eigenvalue weighted by Crippen LogP contribution is 2.39. The summed E-state index contributed by atoms with van der Waals surface area (Å²) in [7, 11) is 0. The molecule has 0 saturated heterocycles. The number of hydrogen-bond acceptors (Lipinski definition) is 4. The number of imidazole rings is 1. The lowest BCUT2D eigenvalue weighted by molar-refractivity contribution is 0.400. The van der Waals surface area contributed by atoms with Gasteiger partial charge in [-0.15, -0.1) is 0 Å². The van der Waals surface area contributed by atoms with Gasteiger partial charge >= 0.3 is 0 Å². The molecule has 0 radical (unpaired) electrons. The minimum atomic E-state index is -0.537. The van der Waals surface area contributed by atoms with Gasteiger partial charge in [-0.05, 0) is 31.0 Å². The van der Waals surface area contributed by atoms with E-state index in [1.54, 1.807) is 12.3 Å². The Balaban J connectivity index is 1.98. The second-order valence-corrected chi connectivity index (χ2v) is 5.78. The van der Waals surface area contributed by atoms with E-state index in [2.05, 4.69) is 4.98 Å². The van der Waals surface area contributed by atoms with Crippen molar-refractivity contribution in [1.29, 1.82) is 5.26 Å². The molecule has 0 spiro atoms. The van der Waals surface area contributed by atoms with Crippen LogP contribution in [-0.2, 0) is 0 Å². The van der Waals surface area contributed by atoms with Crippen LogP contribution in [0.15, 0.2) is 30.6 Å². The number of nitrogen functional groups attached to an aromatic ring is 1. The van der Waals surface area contributed by atoms with E-state index < -0.39 is 5.82 Å². The van der Waals surface area contributed by atoms with Gasteiger partial charge in [-0.1, -0.05) is 6.42 Å². The second-order valence-electron chi connectivity index (χ2n) is 5.78. The highest BCUT2D eigenvalue weighted by Gasteiger charge is 2.27. The number of benzene rings is 1. The van der Waals surface area contributed by atoms with Crippen LogP contribution in [0.2, 0.25) is 0 Å². The number of halogens is 1. The Hall–Kier alpha value is -2.94. The van der Waals surface area contributed by atoms with Gasteiger partial charge in [0.2, 0.25) is 0 Å². The fourth-order valence-corrected chi connectivity index (χ4v) is 3.00. The highest BCUT2D eigenvalue weighted by molar-refractivity contribution is 5.85. The molecule has 0 atom stereocenters. The Morgan fingerprint density at radius 1 is 1.35 bits per heavy atom. The monoisotopic (exact) mass is 307 g/mol. The Labute approximate surface area is 132 Å². The molecule has 1 fully saturated rings. The number of rotatable bonds is 2. The quantitative estimate of drug-likeness (QED) is 0.788. The number of nitrogens with two attached hydrogens (primary N) is 1. The molecule has 1 saturated carbocycles. The summed E-state index contributed by atoms with van der Waals surface area (Å²) in [6, 6.07) is 6.28. The summed E-state index contributed by atoms with van der Waals surface area (Å²) < 4.78 is 15.6. The molecule has 4 rings (SSSR count). The van der Waals surface area contributed by atoms with Crippen molar-refractivity contribution in [1.82, 2.24) is 14.4 Å². The van der Waals surface area contributed by atoms with Crippen LogP contribution in [0.5, 0.6) is 0 Å². The van der Waals surface area contributed by atoms with Gasteiger partial charge in [0.25, 0.3) is 0 Å². The van der Waals surface area contributed by atoms with E-state index in [1.165, 1.54) is 18.6 Å². The van der Waals surface area contributed by atoms with Crippen LogP contribution < -0.4 is 5.73 Å². The van der Waals surface area contributed by atoms with E-state index in [0.29, 0.717) is 28.5 Å². The first kappa shape index (κ1) is 13.7. The maximum atomic E-state index is 13.6. The number of anilines is 1. The van der Waals surface area contributed by atoms with Crippen molar-refractivity contribution in [3.8, 4) is 17.3 Å². The highest BCUT2D eigenvalue weighted by atomic mass is 19.1. The first-order valence-corrected chi connectivity index (χ1v) is 7.51. The summed E-state index contributed by atoms with van der Waals surface area (Å²) in [4.78, 5) is 8.91. The summed E-state index contributed by atoms with van der Waals surface area (Å²) in [6.07, 6.45) is 6.91. The third-order valence-corrected chi connectivity index (χ3v) is 4.44. The summed E-state index contributed by atoms with van der Waals surface area (Å²) in [6.45, 7) is 0. The largest absolute Gasteiger partial charge is 0.382 e. The summed E-state index contributed by atoms with van der Waals surface area (Å²) in [5, 5.41) is 9.05. The molecule has 3 aromatic rings. The zero-order chi connectivity index (χ0) is 16.0. The van der Waals surface area contributed by atoms with Crippen molar-refractivity contribution in [2.75, 3.05) is 5.73 Å². The molecule has 114 valence electrons. The molecule has 0 bridgehead atoms. The fraction of sp³-hybridized carbons (Fsp3) is 0.235. The maximum Gasteiger partial charge on any atom is 0.150 e. The van der Waals surface area contributed by atoms with Crippen LogP contribution in [0.25, 0.3) is 16.8 Å². The first-order chi connectivity index (χ1) is 11.2. The number of nitriles is 1. The van der Waals surface area contributed by atoms with Gasteiger partial charge in [0.15, 0.2) is 0 Å². The molecule has 2 heterocycles. The van der Waals surface area contributed by atoms with Gasteiger partial charge in [0, 0.05) is 23.9 Å². The Morgan fingerprint density at radius 2 is 2.17 bits per heavy atom. The minimum Gasteiger partial charge on any atom is -0.382 e. The van der Waals surface area contributed by atoms with Crippen LogP contribution in [0.4, 0.5) is 10.2 Å². The van der Waals surface area contributed by atoms with Gasteiger partial charge in [0.05, 0.1) is 5.56 Å². The lowest BCUT2D eigenvalue weighted by atomic mass is 9.85. The molecule has 23 heavy (non-hydrogen) atoms. The standard InChI is InChI=1S/C17H14FN5/c18-13-5-4-11(8-12(13)9-19)14-15-16(20)21-6-7-23(15)17(22-14)10-2-1-3-10/h4-8,10H,1-3H2,(H2,20,21). The minimum absolute atomic E-state index is 0.00342. The van der Waals surface area contributed by atoms with Crippen molar-refractivity contribution < 1.29 is 4.39 Å². The predicted octanol–water partition coefficient (Wildman–Crippen LogP) is 3.26. The maximum absolute atomic E-state index is 13.6. The molecular weight excluding hydrogens is 293 g/mol. The zero-order valence-corrected chi connectivity index (χ0v) is 12.3. The summed E-state index contributed by atoms with van der Waals surface area (Å²) >= 11 is 0. The molecule has 1 aromatic carbocycles. The average Bonchev–Trinajstić information content (AvgIpc) is 2.87. The van der Waals surface area contributed by atoms with E-state index in [1.807, 2.05) is 16.7 Å². The number of nitrogens with zero attached hydrogens (tertiary/aromatic N) is 4. The van der Waals surface area contributed by atoms with E-state index >= 15 is 0 Å². The Kier molecular flexibility index (Phi) is 3.01. The second kappa shape index (κ2) is 5.06. The first-order valence-electron chi connectivity index (χ1n) is 7.51. The predicted molar refractivity (Wildman–Crippen MR) is 84.1 cm³/mol. The molecule has 2 N–H and O–H groups in total. The van der Waals surface area contributed by atoms with Crippen molar-refractivity contribution in [3.05, 3.63) is 47.8 Å². The SMILES string of the molecule is N#Cc1cc(-c2nc(C3CCC3)n3ccnc(N)c23)ccc1F.